The van der Waals surface area contributed by atoms with Crippen LogP contribution in [0.1, 0.15) is 17.2 Å². The summed E-state index contributed by atoms with van der Waals surface area (Å²) in [5.74, 6) is 1.53. The van der Waals surface area contributed by atoms with Gasteiger partial charge < -0.3 is 9.88 Å². The molecule has 1 aromatic carbocycles. The molecule has 0 aliphatic rings. The van der Waals surface area contributed by atoms with Gasteiger partial charge in [-0.15, -0.1) is 10.2 Å². The summed E-state index contributed by atoms with van der Waals surface area (Å²) in [4.78, 5) is 0. The number of benzene rings is 1. The van der Waals surface area contributed by atoms with Crippen molar-refractivity contribution in [2.45, 2.75) is 20.0 Å². The van der Waals surface area contributed by atoms with Crippen molar-refractivity contribution in [2.24, 2.45) is 7.05 Å². The second kappa shape index (κ2) is 5.05. The van der Waals surface area contributed by atoms with Gasteiger partial charge in [0, 0.05) is 19.2 Å². The molecule has 0 fully saturated rings. The van der Waals surface area contributed by atoms with Crippen molar-refractivity contribution >= 4 is 0 Å². The zero-order chi connectivity index (χ0) is 12.3. The van der Waals surface area contributed by atoms with Crippen LogP contribution < -0.4 is 5.32 Å². The van der Waals surface area contributed by atoms with E-state index in [2.05, 4.69) is 15.5 Å². The van der Waals surface area contributed by atoms with E-state index < -0.39 is 0 Å². The summed E-state index contributed by atoms with van der Waals surface area (Å²) in [6, 6.07) is 6.74. The van der Waals surface area contributed by atoms with E-state index in [0.29, 0.717) is 18.7 Å². The quantitative estimate of drug-likeness (QED) is 0.872. The molecule has 1 aromatic heterocycles. The van der Waals surface area contributed by atoms with E-state index in [-0.39, 0.29) is 5.82 Å². The first-order valence-electron chi connectivity index (χ1n) is 5.47. The highest BCUT2D eigenvalue weighted by Gasteiger charge is 2.05. The van der Waals surface area contributed by atoms with Crippen LogP contribution in [0.25, 0.3) is 0 Å². The van der Waals surface area contributed by atoms with Gasteiger partial charge in [-0.25, -0.2) is 4.39 Å². The summed E-state index contributed by atoms with van der Waals surface area (Å²) in [5.41, 5.74) is 0.659. The summed E-state index contributed by atoms with van der Waals surface area (Å²) >= 11 is 0. The van der Waals surface area contributed by atoms with E-state index in [1.807, 2.05) is 24.6 Å². The number of halogens is 1. The van der Waals surface area contributed by atoms with Gasteiger partial charge in [0.15, 0.2) is 0 Å². The van der Waals surface area contributed by atoms with Crippen LogP contribution in [-0.4, -0.2) is 14.8 Å². The Balaban J connectivity index is 1.92. The Morgan fingerprint density at radius 2 is 2.00 bits per heavy atom. The third-order valence-electron chi connectivity index (χ3n) is 2.74. The van der Waals surface area contributed by atoms with Crippen LogP contribution in [0.4, 0.5) is 4.39 Å². The van der Waals surface area contributed by atoms with E-state index in [1.165, 1.54) is 6.07 Å². The fraction of sp³-hybridized carbons (Fsp3) is 0.333. The minimum Gasteiger partial charge on any atom is -0.317 e. The Labute approximate surface area is 99.5 Å². The molecule has 17 heavy (non-hydrogen) atoms. The van der Waals surface area contributed by atoms with E-state index in [0.717, 1.165) is 11.6 Å². The lowest BCUT2D eigenvalue weighted by atomic mass is 10.2. The predicted molar refractivity (Wildman–Crippen MR) is 62.7 cm³/mol. The summed E-state index contributed by atoms with van der Waals surface area (Å²) < 4.78 is 15.2. The van der Waals surface area contributed by atoms with Gasteiger partial charge in [-0.1, -0.05) is 18.2 Å². The van der Waals surface area contributed by atoms with Crippen LogP contribution in [0, 0.1) is 12.7 Å². The highest BCUT2D eigenvalue weighted by Crippen LogP contribution is 2.06. The third kappa shape index (κ3) is 2.68. The maximum absolute atomic E-state index is 13.3. The van der Waals surface area contributed by atoms with Crippen molar-refractivity contribution in [1.82, 2.24) is 20.1 Å². The van der Waals surface area contributed by atoms with Crippen molar-refractivity contribution in [1.29, 1.82) is 0 Å². The van der Waals surface area contributed by atoms with E-state index in [4.69, 9.17) is 0 Å². The van der Waals surface area contributed by atoms with Gasteiger partial charge in [0.2, 0.25) is 0 Å². The molecular formula is C12H15FN4. The van der Waals surface area contributed by atoms with E-state index in [9.17, 15) is 4.39 Å². The lowest BCUT2D eigenvalue weighted by Crippen LogP contribution is -2.16. The molecule has 0 bridgehead atoms. The summed E-state index contributed by atoms with van der Waals surface area (Å²) in [6.45, 7) is 2.96. The van der Waals surface area contributed by atoms with Crippen LogP contribution in [0.5, 0.6) is 0 Å². The largest absolute Gasteiger partial charge is 0.317 e. The Bertz CT molecular complexity index is 507. The lowest BCUT2D eigenvalue weighted by Gasteiger charge is -2.05. The molecule has 2 aromatic rings. The highest BCUT2D eigenvalue weighted by atomic mass is 19.1. The lowest BCUT2D eigenvalue weighted by molar-refractivity contribution is 0.577. The molecule has 1 N–H and O–H groups in total. The van der Waals surface area contributed by atoms with Crippen molar-refractivity contribution < 1.29 is 4.39 Å². The van der Waals surface area contributed by atoms with Gasteiger partial charge in [0.25, 0.3) is 0 Å². The van der Waals surface area contributed by atoms with Crippen LogP contribution in [0.2, 0.25) is 0 Å². The zero-order valence-corrected chi connectivity index (χ0v) is 9.94. The molecule has 0 spiro atoms. The third-order valence-corrected chi connectivity index (χ3v) is 2.74. The second-order valence-electron chi connectivity index (χ2n) is 3.92. The van der Waals surface area contributed by atoms with Gasteiger partial charge >= 0.3 is 0 Å². The number of nitrogens with zero attached hydrogens (tertiary/aromatic N) is 3. The molecule has 0 unspecified atom stereocenters. The molecule has 0 aliphatic carbocycles. The Morgan fingerprint density at radius 1 is 1.24 bits per heavy atom. The average Bonchev–Trinajstić information content (AvgIpc) is 2.63. The molecule has 0 saturated carbocycles. The Kier molecular flexibility index (Phi) is 3.49. The number of rotatable bonds is 4. The fourth-order valence-electron chi connectivity index (χ4n) is 1.56. The zero-order valence-electron chi connectivity index (χ0n) is 9.94. The number of hydrogen-bond donors (Lipinski definition) is 1. The Morgan fingerprint density at radius 3 is 2.65 bits per heavy atom. The second-order valence-corrected chi connectivity index (χ2v) is 3.92. The van der Waals surface area contributed by atoms with Gasteiger partial charge in [-0.2, -0.15) is 0 Å². The van der Waals surface area contributed by atoms with Crippen LogP contribution in [-0.2, 0) is 20.1 Å². The van der Waals surface area contributed by atoms with Gasteiger partial charge in [0.1, 0.15) is 17.5 Å². The van der Waals surface area contributed by atoms with E-state index in [1.54, 1.807) is 12.1 Å². The number of hydrogen-bond acceptors (Lipinski definition) is 3. The van der Waals surface area contributed by atoms with Crippen molar-refractivity contribution in [2.75, 3.05) is 0 Å². The molecular weight excluding hydrogens is 219 g/mol. The summed E-state index contributed by atoms with van der Waals surface area (Å²) in [7, 11) is 1.91. The average molecular weight is 234 g/mol. The van der Waals surface area contributed by atoms with Crippen LogP contribution in [0.3, 0.4) is 0 Å². The highest BCUT2D eigenvalue weighted by molar-refractivity contribution is 5.16. The fourth-order valence-corrected chi connectivity index (χ4v) is 1.56. The Hall–Kier alpha value is -1.75. The topological polar surface area (TPSA) is 42.7 Å². The molecule has 5 heteroatoms. The SMILES string of the molecule is Cc1nnc(CNCc2ccccc2F)n1C. The predicted octanol–water partition coefficient (Wildman–Crippen LogP) is 1.55. The first-order valence-corrected chi connectivity index (χ1v) is 5.47. The van der Waals surface area contributed by atoms with Crippen LogP contribution in [0.15, 0.2) is 24.3 Å². The number of nitrogens with one attached hydrogen (secondary N) is 1. The molecule has 1 heterocycles. The molecule has 2 rings (SSSR count). The maximum Gasteiger partial charge on any atom is 0.146 e. The minimum atomic E-state index is -0.186. The standard InChI is InChI=1S/C12H15FN4/c1-9-15-16-12(17(9)2)8-14-7-10-5-3-4-6-11(10)13/h3-6,14H,7-8H2,1-2H3. The smallest absolute Gasteiger partial charge is 0.146 e. The first kappa shape index (κ1) is 11.7. The van der Waals surface area contributed by atoms with Gasteiger partial charge in [0.05, 0.1) is 6.54 Å². The summed E-state index contributed by atoms with van der Waals surface area (Å²) in [6.07, 6.45) is 0. The molecule has 0 radical (unpaired) electrons. The van der Waals surface area contributed by atoms with Crippen molar-refractivity contribution in [3.63, 3.8) is 0 Å². The number of aryl methyl sites for hydroxylation is 1. The van der Waals surface area contributed by atoms with E-state index >= 15 is 0 Å². The van der Waals surface area contributed by atoms with Gasteiger partial charge in [-0.3, -0.25) is 0 Å². The van der Waals surface area contributed by atoms with Crippen molar-refractivity contribution in [3.8, 4) is 0 Å². The molecule has 90 valence electrons. The van der Waals surface area contributed by atoms with Gasteiger partial charge in [-0.05, 0) is 13.0 Å². The van der Waals surface area contributed by atoms with Crippen molar-refractivity contribution in [3.05, 3.63) is 47.3 Å². The molecule has 0 aliphatic heterocycles. The van der Waals surface area contributed by atoms with Crippen LogP contribution >= 0.6 is 0 Å². The summed E-state index contributed by atoms with van der Waals surface area (Å²) in [5, 5.41) is 11.1. The maximum atomic E-state index is 13.3. The number of aromatic nitrogens is 3. The molecule has 4 nitrogen and oxygen atoms in total. The molecule has 0 amide bonds. The normalized spacial score (nSPS) is 10.8. The molecule has 0 atom stereocenters. The first-order chi connectivity index (χ1) is 8.18. The minimum absolute atomic E-state index is 0.186. The monoisotopic (exact) mass is 234 g/mol. The molecule has 0 saturated heterocycles.